The normalized spacial score (nSPS) is 18.9. The van der Waals surface area contributed by atoms with Gasteiger partial charge in [0.2, 0.25) is 5.88 Å². The van der Waals surface area contributed by atoms with E-state index in [1.165, 1.54) is 18.4 Å². The van der Waals surface area contributed by atoms with E-state index >= 15 is 0 Å². The average Bonchev–Trinajstić information content (AvgIpc) is 2.88. The predicted molar refractivity (Wildman–Crippen MR) is 78.8 cm³/mol. The number of aromatic nitrogens is 2. The lowest BCUT2D eigenvalue weighted by Crippen LogP contribution is -2.28. The number of hydrogen-bond donors (Lipinski definition) is 1. The topological polar surface area (TPSA) is 39.1 Å². The van der Waals surface area contributed by atoms with E-state index in [2.05, 4.69) is 28.6 Å². The fourth-order valence-electron chi connectivity index (χ4n) is 2.64. The smallest absolute Gasteiger partial charge is 0.212 e. The maximum absolute atomic E-state index is 5.87. The maximum Gasteiger partial charge on any atom is 0.212 e. The maximum atomic E-state index is 5.87. The Morgan fingerprint density at radius 3 is 2.95 bits per heavy atom. The third kappa shape index (κ3) is 3.02. The van der Waals surface area contributed by atoms with E-state index in [0.29, 0.717) is 12.5 Å². The predicted octanol–water partition coefficient (Wildman–Crippen LogP) is 2.47. The van der Waals surface area contributed by atoms with Crippen molar-refractivity contribution in [2.45, 2.75) is 25.4 Å². The molecule has 0 amide bonds. The highest BCUT2D eigenvalue weighted by molar-refractivity contribution is 5.21. The molecule has 1 aromatic carbocycles. The molecule has 0 saturated carbocycles. The number of rotatable bonds is 4. The second-order valence-electron chi connectivity index (χ2n) is 5.35. The minimum Gasteiger partial charge on any atom is -0.473 e. The van der Waals surface area contributed by atoms with E-state index in [1.54, 1.807) is 0 Å². The van der Waals surface area contributed by atoms with Crippen molar-refractivity contribution >= 4 is 0 Å². The number of piperidine rings is 1. The summed E-state index contributed by atoms with van der Waals surface area (Å²) >= 11 is 0. The van der Waals surface area contributed by atoms with Crippen LogP contribution in [0.25, 0.3) is 0 Å². The van der Waals surface area contributed by atoms with Crippen LogP contribution in [0.15, 0.2) is 36.4 Å². The van der Waals surface area contributed by atoms with Gasteiger partial charge in [-0.15, -0.1) is 0 Å². The van der Waals surface area contributed by atoms with Crippen LogP contribution in [0.3, 0.4) is 0 Å². The van der Waals surface area contributed by atoms with E-state index < -0.39 is 0 Å². The standard InChI is InChI=1S/C16H21N3O/c1-19-16(20-12-13-6-3-2-4-7-13)10-15(18-19)14-8-5-9-17-11-14/h2-4,6-7,10,14,17H,5,8-9,11-12H2,1H3. The molecule has 1 fully saturated rings. The summed E-state index contributed by atoms with van der Waals surface area (Å²) in [6, 6.07) is 12.3. The molecule has 2 heterocycles. The molecule has 0 radical (unpaired) electrons. The van der Waals surface area contributed by atoms with Crippen molar-refractivity contribution in [1.82, 2.24) is 15.1 Å². The third-order valence-corrected chi connectivity index (χ3v) is 3.80. The van der Waals surface area contributed by atoms with Crippen LogP contribution in [0, 0.1) is 0 Å². The number of ether oxygens (including phenoxy) is 1. The zero-order chi connectivity index (χ0) is 13.8. The highest BCUT2D eigenvalue weighted by Crippen LogP contribution is 2.25. The van der Waals surface area contributed by atoms with Gasteiger partial charge in [0, 0.05) is 25.6 Å². The zero-order valence-corrected chi connectivity index (χ0v) is 11.9. The van der Waals surface area contributed by atoms with E-state index in [-0.39, 0.29) is 0 Å². The van der Waals surface area contributed by atoms with Gasteiger partial charge in [-0.1, -0.05) is 30.3 Å². The number of hydrogen-bond acceptors (Lipinski definition) is 3. The summed E-state index contributed by atoms with van der Waals surface area (Å²) < 4.78 is 7.71. The second kappa shape index (κ2) is 6.09. The van der Waals surface area contributed by atoms with Crippen LogP contribution in [0.2, 0.25) is 0 Å². The number of nitrogens with zero attached hydrogens (tertiary/aromatic N) is 2. The minimum absolute atomic E-state index is 0.518. The van der Waals surface area contributed by atoms with Crippen LogP contribution in [-0.4, -0.2) is 22.9 Å². The molecule has 0 bridgehead atoms. The first-order valence-corrected chi connectivity index (χ1v) is 7.24. The van der Waals surface area contributed by atoms with Crippen LogP contribution in [0.4, 0.5) is 0 Å². The molecule has 1 unspecified atom stereocenters. The Labute approximate surface area is 119 Å². The van der Waals surface area contributed by atoms with Crippen molar-refractivity contribution in [3.63, 3.8) is 0 Å². The first-order valence-electron chi connectivity index (χ1n) is 7.24. The molecule has 1 aliphatic rings. The summed E-state index contributed by atoms with van der Waals surface area (Å²) in [4.78, 5) is 0. The van der Waals surface area contributed by atoms with Gasteiger partial charge in [0.1, 0.15) is 6.61 Å². The summed E-state index contributed by atoms with van der Waals surface area (Å²) in [6.07, 6.45) is 2.43. The zero-order valence-electron chi connectivity index (χ0n) is 11.9. The Hall–Kier alpha value is -1.81. The van der Waals surface area contributed by atoms with Crippen molar-refractivity contribution in [2.24, 2.45) is 7.05 Å². The molecule has 20 heavy (non-hydrogen) atoms. The van der Waals surface area contributed by atoms with Gasteiger partial charge < -0.3 is 10.1 Å². The molecule has 2 aromatic rings. The fraction of sp³-hybridized carbons (Fsp3) is 0.438. The molecule has 106 valence electrons. The largest absolute Gasteiger partial charge is 0.473 e. The average molecular weight is 271 g/mol. The Morgan fingerprint density at radius 1 is 1.35 bits per heavy atom. The van der Waals surface area contributed by atoms with Crippen LogP contribution in [0.1, 0.15) is 30.0 Å². The first-order chi connectivity index (χ1) is 9.83. The molecule has 1 aliphatic heterocycles. The van der Waals surface area contributed by atoms with Crippen LogP contribution < -0.4 is 10.1 Å². The van der Waals surface area contributed by atoms with Crippen LogP contribution in [0.5, 0.6) is 5.88 Å². The molecule has 1 N–H and O–H groups in total. The highest BCUT2D eigenvalue weighted by atomic mass is 16.5. The monoisotopic (exact) mass is 271 g/mol. The van der Waals surface area contributed by atoms with Gasteiger partial charge >= 0.3 is 0 Å². The van der Waals surface area contributed by atoms with Crippen LogP contribution >= 0.6 is 0 Å². The van der Waals surface area contributed by atoms with Crippen molar-refractivity contribution in [3.05, 3.63) is 47.7 Å². The molecule has 4 heteroatoms. The lowest BCUT2D eigenvalue weighted by atomic mass is 9.96. The van der Waals surface area contributed by atoms with E-state index in [4.69, 9.17) is 4.74 Å². The summed E-state index contributed by atoms with van der Waals surface area (Å²) in [5.74, 6) is 1.36. The van der Waals surface area contributed by atoms with Gasteiger partial charge in [-0.05, 0) is 24.9 Å². The lowest BCUT2D eigenvalue weighted by molar-refractivity contribution is 0.279. The summed E-state index contributed by atoms with van der Waals surface area (Å²) in [5.41, 5.74) is 2.32. The summed E-state index contributed by atoms with van der Waals surface area (Å²) in [6.45, 7) is 2.73. The minimum atomic E-state index is 0.518. The first kappa shape index (κ1) is 13.2. The van der Waals surface area contributed by atoms with Crippen LogP contribution in [-0.2, 0) is 13.7 Å². The summed E-state index contributed by atoms with van der Waals surface area (Å²) in [7, 11) is 1.94. The highest BCUT2D eigenvalue weighted by Gasteiger charge is 2.19. The van der Waals surface area contributed by atoms with E-state index in [9.17, 15) is 0 Å². The summed E-state index contributed by atoms with van der Waals surface area (Å²) in [5, 5.41) is 8.03. The Balaban J connectivity index is 1.66. The molecule has 0 aliphatic carbocycles. The number of aryl methyl sites for hydroxylation is 1. The van der Waals surface area contributed by atoms with Crippen molar-refractivity contribution in [1.29, 1.82) is 0 Å². The van der Waals surface area contributed by atoms with Gasteiger partial charge in [-0.2, -0.15) is 5.10 Å². The Kier molecular flexibility index (Phi) is 4.02. The van der Waals surface area contributed by atoms with Crippen molar-refractivity contribution in [2.75, 3.05) is 13.1 Å². The second-order valence-corrected chi connectivity index (χ2v) is 5.35. The van der Waals surface area contributed by atoms with Gasteiger partial charge in [0.05, 0.1) is 5.69 Å². The molecular formula is C16H21N3O. The molecule has 1 saturated heterocycles. The molecule has 1 aromatic heterocycles. The SMILES string of the molecule is Cn1nc(C2CCCNC2)cc1OCc1ccccc1. The van der Waals surface area contributed by atoms with Gasteiger partial charge in [0.15, 0.2) is 0 Å². The van der Waals surface area contributed by atoms with Crippen molar-refractivity contribution < 1.29 is 4.74 Å². The number of benzene rings is 1. The quantitative estimate of drug-likeness (QED) is 0.928. The van der Waals surface area contributed by atoms with Gasteiger partial charge in [-0.25, -0.2) is 4.68 Å². The lowest BCUT2D eigenvalue weighted by Gasteiger charge is -2.20. The van der Waals surface area contributed by atoms with Gasteiger partial charge in [-0.3, -0.25) is 0 Å². The molecule has 3 rings (SSSR count). The van der Waals surface area contributed by atoms with Gasteiger partial charge in [0.25, 0.3) is 0 Å². The van der Waals surface area contributed by atoms with E-state index in [1.807, 2.05) is 29.9 Å². The third-order valence-electron chi connectivity index (χ3n) is 3.80. The molecule has 4 nitrogen and oxygen atoms in total. The van der Waals surface area contributed by atoms with E-state index in [0.717, 1.165) is 24.7 Å². The number of nitrogens with one attached hydrogen (secondary N) is 1. The van der Waals surface area contributed by atoms with Crippen molar-refractivity contribution in [3.8, 4) is 5.88 Å². The molecular weight excluding hydrogens is 250 g/mol. The molecule has 1 atom stereocenters. The Morgan fingerprint density at radius 2 is 2.20 bits per heavy atom. The fourth-order valence-corrected chi connectivity index (χ4v) is 2.64. The molecule has 0 spiro atoms. The Bertz CT molecular complexity index is 544.